The highest BCUT2D eigenvalue weighted by molar-refractivity contribution is 7.86. The molecule has 0 saturated heterocycles. The molecule has 0 radical (unpaired) electrons. The van der Waals surface area contributed by atoms with E-state index in [-0.39, 0.29) is 11.3 Å². The van der Waals surface area contributed by atoms with Crippen LogP contribution in [-0.4, -0.2) is 20.5 Å². The van der Waals surface area contributed by atoms with Gasteiger partial charge in [0.25, 0.3) is 0 Å². The van der Waals surface area contributed by atoms with E-state index in [1.54, 1.807) is 26.0 Å². The van der Waals surface area contributed by atoms with Gasteiger partial charge in [-0.25, -0.2) is 0 Å². The summed E-state index contributed by atoms with van der Waals surface area (Å²) >= 11 is 0. The van der Waals surface area contributed by atoms with E-state index in [0.29, 0.717) is 4.90 Å². The minimum absolute atomic E-state index is 0.0320. The standard InChI is InChI=1S/C15H22O3S/c1-10(2)13(14(16)17)19(18)12-8-6-11(7-9-12)15(3,4)5/h6-10,13H,1-5H3,(H,16,17). The maximum atomic E-state index is 12.3. The molecule has 0 bridgehead atoms. The average Bonchev–Trinajstić information content (AvgIpc) is 2.27. The van der Waals surface area contributed by atoms with Gasteiger partial charge < -0.3 is 5.11 Å². The first-order valence-electron chi connectivity index (χ1n) is 6.38. The van der Waals surface area contributed by atoms with Crippen LogP contribution in [0.15, 0.2) is 29.2 Å². The Balaban J connectivity index is 3.04. The summed E-state index contributed by atoms with van der Waals surface area (Å²) in [6.07, 6.45) is 0. The molecule has 3 nitrogen and oxygen atoms in total. The first kappa shape index (κ1) is 15.9. The second-order valence-corrected chi connectivity index (χ2v) is 7.65. The number of hydrogen-bond donors (Lipinski definition) is 1. The van der Waals surface area contributed by atoms with Crippen molar-refractivity contribution in [2.24, 2.45) is 5.92 Å². The largest absolute Gasteiger partial charge is 0.480 e. The maximum absolute atomic E-state index is 12.3. The third-order valence-corrected chi connectivity index (χ3v) is 4.98. The number of carboxylic acid groups (broad SMARTS) is 1. The third-order valence-electron chi connectivity index (χ3n) is 3.03. The molecule has 0 saturated carbocycles. The molecule has 19 heavy (non-hydrogen) atoms. The van der Waals surface area contributed by atoms with Crippen molar-refractivity contribution in [3.63, 3.8) is 0 Å². The first-order chi connectivity index (χ1) is 8.64. The zero-order valence-corrected chi connectivity index (χ0v) is 13.0. The molecule has 0 aliphatic rings. The summed E-state index contributed by atoms with van der Waals surface area (Å²) in [6.45, 7) is 9.87. The van der Waals surface area contributed by atoms with Gasteiger partial charge in [-0.3, -0.25) is 9.00 Å². The minimum Gasteiger partial charge on any atom is -0.480 e. The second-order valence-electron chi connectivity index (χ2n) is 6.07. The Labute approximate surface area is 117 Å². The third kappa shape index (κ3) is 3.90. The van der Waals surface area contributed by atoms with Crippen molar-refractivity contribution in [3.8, 4) is 0 Å². The van der Waals surface area contributed by atoms with E-state index >= 15 is 0 Å². The summed E-state index contributed by atoms with van der Waals surface area (Å²) < 4.78 is 12.3. The number of carboxylic acids is 1. The quantitative estimate of drug-likeness (QED) is 0.922. The highest BCUT2D eigenvalue weighted by Gasteiger charge is 2.29. The van der Waals surface area contributed by atoms with E-state index in [4.69, 9.17) is 5.11 Å². The molecule has 0 fully saturated rings. The molecule has 1 N–H and O–H groups in total. The van der Waals surface area contributed by atoms with Gasteiger partial charge in [0.05, 0.1) is 10.8 Å². The number of hydrogen-bond acceptors (Lipinski definition) is 2. The number of aliphatic carboxylic acids is 1. The van der Waals surface area contributed by atoms with E-state index in [9.17, 15) is 9.00 Å². The van der Waals surface area contributed by atoms with Gasteiger partial charge >= 0.3 is 5.97 Å². The Kier molecular flexibility index (Phi) is 4.91. The van der Waals surface area contributed by atoms with E-state index in [0.717, 1.165) is 5.56 Å². The van der Waals surface area contributed by atoms with Gasteiger partial charge in [0.1, 0.15) is 5.25 Å². The Morgan fingerprint density at radius 2 is 1.63 bits per heavy atom. The number of rotatable bonds is 4. The van der Waals surface area contributed by atoms with E-state index < -0.39 is 22.0 Å². The lowest BCUT2D eigenvalue weighted by Gasteiger charge is -2.20. The lowest BCUT2D eigenvalue weighted by Crippen LogP contribution is -2.31. The normalized spacial score (nSPS) is 15.3. The van der Waals surface area contributed by atoms with Crippen molar-refractivity contribution in [1.82, 2.24) is 0 Å². The van der Waals surface area contributed by atoms with Crippen LogP contribution in [0.4, 0.5) is 0 Å². The van der Waals surface area contributed by atoms with E-state index in [1.807, 2.05) is 12.1 Å². The second kappa shape index (κ2) is 5.87. The molecular weight excluding hydrogens is 260 g/mol. The van der Waals surface area contributed by atoms with Crippen molar-refractivity contribution >= 4 is 16.8 Å². The molecule has 2 atom stereocenters. The Hall–Kier alpha value is -1.16. The monoisotopic (exact) mass is 282 g/mol. The summed E-state index contributed by atoms with van der Waals surface area (Å²) in [4.78, 5) is 11.8. The average molecular weight is 282 g/mol. The van der Waals surface area contributed by atoms with Crippen molar-refractivity contribution in [3.05, 3.63) is 29.8 Å². The van der Waals surface area contributed by atoms with Crippen LogP contribution in [0.3, 0.4) is 0 Å². The van der Waals surface area contributed by atoms with E-state index in [2.05, 4.69) is 20.8 Å². The van der Waals surface area contributed by atoms with Gasteiger partial charge in [-0.1, -0.05) is 46.8 Å². The first-order valence-corrected chi connectivity index (χ1v) is 7.60. The zero-order chi connectivity index (χ0) is 14.8. The van der Waals surface area contributed by atoms with Crippen LogP contribution >= 0.6 is 0 Å². The molecule has 0 aliphatic heterocycles. The molecular formula is C15H22O3S. The lowest BCUT2D eigenvalue weighted by atomic mass is 9.87. The summed E-state index contributed by atoms with van der Waals surface area (Å²) in [5.41, 5.74) is 1.18. The van der Waals surface area contributed by atoms with Crippen molar-refractivity contribution in [2.75, 3.05) is 0 Å². The molecule has 106 valence electrons. The van der Waals surface area contributed by atoms with Gasteiger partial charge in [-0.15, -0.1) is 0 Å². The minimum atomic E-state index is -1.52. The fraction of sp³-hybridized carbons (Fsp3) is 0.533. The SMILES string of the molecule is CC(C)C(C(=O)O)S(=O)c1ccc(C(C)(C)C)cc1. The molecule has 0 amide bonds. The van der Waals surface area contributed by atoms with Crippen LogP contribution in [0.25, 0.3) is 0 Å². The van der Waals surface area contributed by atoms with Crippen LogP contribution in [-0.2, 0) is 21.0 Å². The van der Waals surface area contributed by atoms with Crippen LogP contribution in [0.5, 0.6) is 0 Å². The van der Waals surface area contributed by atoms with Gasteiger partial charge in [-0.05, 0) is 29.0 Å². The van der Waals surface area contributed by atoms with Crippen LogP contribution in [0, 0.1) is 5.92 Å². The number of benzene rings is 1. The summed E-state index contributed by atoms with van der Waals surface area (Å²) in [6, 6.07) is 7.39. The smallest absolute Gasteiger partial charge is 0.319 e. The Morgan fingerprint density at radius 1 is 1.16 bits per heavy atom. The van der Waals surface area contributed by atoms with Gasteiger partial charge in [0.2, 0.25) is 0 Å². The predicted octanol–water partition coefficient (Wildman–Crippen LogP) is 3.20. The summed E-state index contributed by atoms with van der Waals surface area (Å²) in [5.74, 6) is -1.17. The Morgan fingerprint density at radius 3 is 1.95 bits per heavy atom. The summed E-state index contributed by atoms with van der Waals surface area (Å²) in [7, 11) is -1.52. The van der Waals surface area contributed by atoms with Crippen molar-refractivity contribution in [2.45, 2.75) is 50.2 Å². The van der Waals surface area contributed by atoms with Crippen LogP contribution < -0.4 is 0 Å². The topological polar surface area (TPSA) is 54.4 Å². The highest BCUT2D eigenvalue weighted by Crippen LogP contribution is 2.24. The van der Waals surface area contributed by atoms with Gasteiger partial charge in [0, 0.05) is 4.90 Å². The van der Waals surface area contributed by atoms with Crippen LogP contribution in [0.2, 0.25) is 0 Å². The predicted molar refractivity (Wildman–Crippen MR) is 77.8 cm³/mol. The number of carbonyl (C=O) groups is 1. The lowest BCUT2D eigenvalue weighted by molar-refractivity contribution is -0.137. The van der Waals surface area contributed by atoms with Gasteiger partial charge in [-0.2, -0.15) is 0 Å². The molecule has 0 aliphatic carbocycles. The van der Waals surface area contributed by atoms with Crippen LogP contribution in [0.1, 0.15) is 40.2 Å². The molecule has 1 aromatic carbocycles. The maximum Gasteiger partial charge on any atom is 0.319 e. The zero-order valence-electron chi connectivity index (χ0n) is 12.1. The molecule has 1 rings (SSSR count). The fourth-order valence-corrected chi connectivity index (χ4v) is 3.23. The fourth-order valence-electron chi connectivity index (χ4n) is 1.86. The van der Waals surface area contributed by atoms with Gasteiger partial charge in [0.15, 0.2) is 0 Å². The van der Waals surface area contributed by atoms with Crippen molar-refractivity contribution < 1.29 is 14.1 Å². The van der Waals surface area contributed by atoms with E-state index in [1.165, 1.54) is 0 Å². The van der Waals surface area contributed by atoms with Crippen molar-refractivity contribution in [1.29, 1.82) is 0 Å². The molecule has 4 heteroatoms. The Bertz CT molecular complexity index is 469. The molecule has 1 aromatic rings. The highest BCUT2D eigenvalue weighted by atomic mass is 32.2. The molecule has 0 spiro atoms. The molecule has 0 aromatic heterocycles. The molecule has 0 heterocycles. The molecule has 2 unspecified atom stereocenters. The summed E-state index contributed by atoms with van der Waals surface area (Å²) in [5, 5.41) is 8.31.